The molecule has 0 aliphatic carbocycles. The molecule has 3 heterocycles. The third-order valence-electron chi connectivity index (χ3n) is 5.08. The topological polar surface area (TPSA) is 62.3 Å². The average molecular weight is 305 g/mol. The van der Waals surface area contributed by atoms with Crippen LogP contribution in [0.3, 0.4) is 0 Å². The third kappa shape index (κ3) is 3.24. The van der Waals surface area contributed by atoms with Crippen molar-refractivity contribution in [3.63, 3.8) is 0 Å². The Morgan fingerprint density at radius 1 is 1.23 bits per heavy atom. The normalized spacial score (nSPS) is 21.2. The van der Waals surface area contributed by atoms with Crippen LogP contribution in [0.15, 0.2) is 6.33 Å². The summed E-state index contributed by atoms with van der Waals surface area (Å²) in [5.74, 6) is 1.02. The summed E-state index contributed by atoms with van der Waals surface area (Å²) in [5.41, 5.74) is 2.63. The zero-order valence-corrected chi connectivity index (χ0v) is 13.7. The van der Waals surface area contributed by atoms with Crippen LogP contribution in [0.2, 0.25) is 0 Å². The standard InChI is InChI=1S/C16H27N5O/c1-21(2)16(5-9-22-10-6-16)11-18-15-13-3-7-17-8-4-14(13)19-12-20-15/h12,17H,3-11H2,1-2H3,(H,18,19,20). The number of nitrogens with one attached hydrogen (secondary N) is 2. The Bertz CT molecular complexity index is 499. The van der Waals surface area contributed by atoms with Gasteiger partial charge < -0.3 is 20.3 Å². The van der Waals surface area contributed by atoms with E-state index in [-0.39, 0.29) is 5.54 Å². The van der Waals surface area contributed by atoms with E-state index in [9.17, 15) is 0 Å². The van der Waals surface area contributed by atoms with Crippen LogP contribution in [0.4, 0.5) is 5.82 Å². The molecule has 2 aliphatic heterocycles. The van der Waals surface area contributed by atoms with E-state index < -0.39 is 0 Å². The maximum absolute atomic E-state index is 5.55. The van der Waals surface area contributed by atoms with Crippen molar-refractivity contribution in [1.82, 2.24) is 20.2 Å². The highest BCUT2D eigenvalue weighted by Gasteiger charge is 2.34. The van der Waals surface area contributed by atoms with Crippen LogP contribution in [0.25, 0.3) is 0 Å². The summed E-state index contributed by atoms with van der Waals surface area (Å²) in [5, 5.41) is 7.05. The Labute approximate surface area is 132 Å². The number of ether oxygens (including phenoxy) is 1. The summed E-state index contributed by atoms with van der Waals surface area (Å²) >= 11 is 0. The smallest absolute Gasteiger partial charge is 0.132 e. The molecule has 0 atom stereocenters. The van der Waals surface area contributed by atoms with Crippen molar-refractivity contribution in [1.29, 1.82) is 0 Å². The molecule has 2 aliphatic rings. The molecule has 0 amide bonds. The first kappa shape index (κ1) is 15.6. The lowest BCUT2D eigenvalue weighted by Crippen LogP contribution is -2.53. The van der Waals surface area contributed by atoms with Crippen LogP contribution in [-0.2, 0) is 17.6 Å². The molecule has 122 valence electrons. The predicted molar refractivity (Wildman–Crippen MR) is 87.3 cm³/mol. The Hall–Kier alpha value is -1.24. The predicted octanol–water partition coefficient (Wildman–Crippen LogP) is 0.688. The second-order valence-electron chi connectivity index (χ2n) is 6.48. The minimum Gasteiger partial charge on any atom is -0.381 e. The maximum Gasteiger partial charge on any atom is 0.132 e. The second kappa shape index (κ2) is 6.89. The first-order valence-corrected chi connectivity index (χ1v) is 8.24. The molecular weight excluding hydrogens is 278 g/mol. The number of anilines is 1. The molecule has 0 spiro atoms. The van der Waals surface area contributed by atoms with Crippen LogP contribution >= 0.6 is 0 Å². The summed E-state index contributed by atoms with van der Waals surface area (Å²) in [7, 11) is 4.33. The minimum atomic E-state index is 0.152. The van der Waals surface area contributed by atoms with E-state index in [4.69, 9.17) is 4.74 Å². The minimum absolute atomic E-state index is 0.152. The Morgan fingerprint density at radius 3 is 2.77 bits per heavy atom. The van der Waals surface area contributed by atoms with Crippen molar-refractivity contribution in [3.8, 4) is 0 Å². The van der Waals surface area contributed by atoms with E-state index in [1.165, 1.54) is 11.3 Å². The molecule has 22 heavy (non-hydrogen) atoms. The lowest BCUT2D eigenvalue weighted by molar-refractivity contribution is -0.000673. The molecule has 0 aromatic carbocycles. The van der Waals surface area contributed by atoms with Gasteiger partial charge in [-0.15, -0.1) is 0 Å². The Morgan fingerprint density at radius 2 is 2.00 bits per heavy atom. The van der Waals surface area contributed by atoms with E-state index in [0.29, 0.717) is 0 Å². The van der Waals surface area contributed by atoms with Crippen molar-refractivity contribution >= 4 is 5.82 Å². The molecule has 0 saturated carbocycles. The number of nitrogens with zero attached hydrogens (tertiary/aromatic N) is 3. The van der Waals surface area contributed by atoms with Gasteiger partial charge in [0.2, 0.25) is 0 Å². The first-order chi connectivity index (χ1) is 10.7. The van der Waals surface area contributed by atoms with Gasteiger partial charge in [-0.05, 0) is 39.9 Å². The van der Waals surface area contributed by atoms with Crippen LogP contribution in [0, 0.1) is 0 Å². The van der Waals surface area contributed by atoms with Gasteiger partial charge in [0, 0.05) is 43.8 Å². The fourth-order valence-electron chi connectivity index (χ4n) is 3.41. The highest BCUT2D eigenvalue weighted by atomic mass is 16.5. The second-order valence-corrected chi connectivity index (χ2v) is 6.48. The van der Waals surface area contributed by atoms with E-state index in [1.807, 2.05) is 0 Å². The van der Waals surface area contributed by atoms with E-state index in [0.717, 1.165) is 64.3 Å². The summed E-state index contributed by atoms with van der Waals surface area (Å²) in [6, 6.07) is 0. The molecule has 1 aromatic heterocycles. The Kier molecular flexibility index (Phi) is 4.90. The van der Waals surface area contributed by atoms with Crippen molar-refractivity contribution in [3.05, 3.63) is 17.6 Å². The highest BCUT2D eigenvalue weighted by Crippen LogP contribution is 2.27. The highest BCUT2D eigenvalue weighted by molar-refractivity contribution is 5.47. The molecule has 6 nitrogen and oxygen atoms in total. The third-order valence-corrected chi connectivity index (χ3v) is 5.08. The van der Waals surface area contributed by atoms with Crippen molar-refractivity contribution in [2.45, 2.75) is 31.2 Å². The number of rotatable bonds is 4. The molecule has 1 aromatic rings. The molecule has 0 unspecified atom stereocenters. The first-order valence-electron chi connectivity index (χ1n) is 8.24. The van der Waals surface area contributed by atoms with E-state index in [1.54, 1.807) is 6.33 Å². The average Bonchev–Trinajstić information content (AvgIpc) is 2.79. The van der Waals surface area contributed by atoms with Crippen molar-refractivity contribution < 1.29 is 4.74 Å². The van der Waals surface area contributed by atoms with Crippen LogP contribution in [0.5, 0.6) is 0 Å². The van der Waals surface area contributed by atoms with Crippen LogP contribution in [-0.4, -0.2) is 67.4 Å². The van der Waals surface area contributed by atoms with Gasteiger partial charge in [-0.25, -0.2) is 9.97 Å². The lowest BCUT2D eigenvalue weighted by atomic mass is 9.88. The summed E-state index contributed by atoms with van der Waals surface area (Å²) in [6.45, 7) is 4.59. The van der Waals surface area contributed by atoms with Gasteiger partial charge in [-0.2, -0.15) is 0 Å². The molecule has 1 saturated heterocycles. The van der Waals surface area contributed by atoms with E-state index >= 15 is 0 Å². The van der Waals surface area contributed by atoms with Gasteiger partial charge in [0.25, 0.3) is 0 Å². The van der Waals surface area contributed by atoms with Gasteiger partial charge in [0.15, 0.2) is 0 Å². The quantitative estimate of drug-likeness (QED) is 0.853. The molecule has 3 rings (SSSR count). The maximum atomic E-state index is 5.55. The SMILES string of the molecule is CN(C)C1(CNc2ncnc3c2CCNCC3)CCOCC1. The molecule has 0 bridgehead atoms. The number of hydrogen-bond donors (Lipinski definition) is 2. The van der Waals surface area contributed by atoms with E-state index in [2.05, 4.69) is 39.6 Å². The van der Waals surface area contributed by atoms with Crippen molar-refractivity contribution in [2.24, 2.45) is 0 Å². The lowest BCUT2D eigenvalue weighted by Gasteiger charge is -2.43. The largest absolute Gasteiger partial charge is 0.381 e. The zero-order chi connectivity index (χ0) is 15.4. The van der Waals surface area contributed by atoms with Gasteiger partial charge in [0.05, 0.1) is 5.69 Å². The zero-order valence-electron chi connectivity index (χ0n) is 13.7. The number of fused-ring (bicyclic) bond motifs is 1. The van der Waals surface area contributed by atoms with Gasteiger partial charge in [-0.3, -0.25) is 0 Å². The van der Waals surface area contributed by atoms with Gasteiger partial charge in [0.1, 0.15) is 12.1 Å². The summed E-state index contributed by atoms with van der Waals surface area (Å²) < 4.78 is 5.55. The monoisotopic (exact) mass is 305 g/mol. The summed E-state index contributed by atoms with van der Waals surface area (Å²) in [4.78, 5) is 11.3. The number of likely N-dealkylation sites (N-methyl/N-ethyl adjacent to an activating group) is 1. The summed E-state index contributed by atoms with van der Waals surface area (Å²) in [6.07, 6.45) is 5.79. The fraction of sp³-hybridized carbons (Fsp3) is 0.750. The van der Waals surface area contributed by atoms with Gasteiger partial charge in [-0.1, -0.05) is 0 Å². The van der Waals surface area contributed by atoms with Crippen molar-refractivity contribution in [2.75, 3.05) is 52.3 Å². The molecule has 6 heteroatoms. The molecule has 0 radical (unpaired) electrons. The van der Waals surface area contributed by atoms with Gasteiger partial charge >= 0.3 is 0 Å². The number of hydrogen-bond acceptors (Lipinski definition) is 6. The van der Waals surface area contributed by atoms with Crippen LogP contribution in [0.1, 0.15) is 24.1 Å². The Balaban J connectivity index is 1.75. The fourth-order valence-corrected chi connectivity index (χ4v) is 3.41. The molecule has 1 fully saturated rings. The molecule has 2 N–H and O–H groups in total. The molecular formula is C16H27N5O. The van der Waals surface area contributed by atoms with Crippen LogP contribution < -0.4 is 10.6 Å². The number of aromatic nitrogens is 2.